The maximum Gasteiger partial charge on any atom is 0.161 e. The number of rotatable bonds is 6. The van der Waals surface area contributed by atoms with E-state index >= 15 is 0 Å². The zero-order valence-corrected chi connectivity index (χ0v) is 7.98. The first-order valence-corrected chi connectivity index (χ1v) is 4.54. The lowest BCUT2D eigenvalue weighted by atomic mass is 10.3. The number of nitrogens with two attached hydrogens (primary N) is 1. The van der Waals surface area contributed by atoms with E-state index in [1.807, 2.05) is 18.2 Å². The average molecular weight is 197 g/mol. The van der Waals surface area contributed by atoms with Gasteiger partial charge in [0, 0.05) is 6.54 Å². The number of hydrogen-bond donors (Lipinski definition) is 2. The Balaban J connectivity index is 2.60. The summed E-state index contributed by atoms with van der Waals surface area (Å²) in [5.41, 5.74) is 5.32. The first-order valence-electron chi connectivity index (χ1n) is 4.54. The molecule has 0 atom stereocenters. The zero-order chi connectivity index (χ0) is 10.2. The van der Waals surface area contributed by atoms with E-state index in [0.29, 0.717) is 24.7 Å². The molecule has 4 heteroatoms. The van der Waals surface area contributed by atoms with Crippen LogP contribution in [0.1, 0.15) is 0 Å². The summed E-state index contributed by atoms with van der Waals surface area (Å²) < 4.78 is 10.6. The molecule has 3 N–H and O–H groups in total. The Kier molecular flexibility index (Phi) is 4.82. The van der Waals surface area contributed by atoms with Gasteiger partial charge in [0.15, 0.2) is 11.5 Å². The van der Waals surface area contributed by atoms with E-state index in [0.717, 1.165) is 0 Å². The van der Waals surface area contributed by atoms with Gasteiger partial charge in [-0.3, -0.25) is 0 Å². The van der Waals surface area contributed by atoms with Gasteiger partial charge >= 0.3 is 0 Å². The van der Waals surface area contributed by atoms with Gasteiger partial charge in [0.05, 0.1) is 6.61 Å². The molecule has 1 aromatic rings. The van der Waals surface area contributed by atoms with Crippen LogP contribution in [0, 0.1) is 0 Å². The van der Waals surface area contributed by atoms with Crippen LogP contribution in [-0.4, -0.2) is 31.5 Å². The van der Waals surface area contributed by atoms with Crippen molar-refractivity contribution in [3.63, 3.8) is 0 Å². The molecule has 78 valence electrons. The SMILES string of the molecule is NCCOc1ccccc1OCCO. The van der Waals surface area contributed by atoms with Crippen LogP contribution in [0.4, 0.5) is 0 Å². The number of aliphatic hydroxyl groups excluding tert-OH is 1. The van der Waals surface area contributed by atoms with Gasteiger partial charge in [-0.05, 0) is 12.1 Å². The fourth-order valence-electron chi connectivity index (χ4n) is 1.01. The van der Waals surface area contributed by atoms with Crippen LogP contribution in [0.15, 0.2) is 24.3 Å². The summed E-state index contributed by atoms with van der Waals surface area (Å²) in [4.78, 5) is 0. The molecule has 0 amide bonds. The predicted octanol–water partition coefficient (Wildman–Crippen LogP) is 0.395. The number of para-hydroxylation sites is 2. The van der Waals surface area contributed by atoms with Crippen molar-refractivity contribution in [1.29, 1.82) is 0 Å². The van der Waals surface area contributed by atoms with E-state index in [1.54, 1.807) is 6.07 Å². The summed E-state index contributed by atoms with van der Waals surface area (Å²) in [6, 6.07) is 7.31. The van der Waals surface area contributed by atoms with Crippen molar-refractivity contribution in [3.05, 3.63) is 24.3 Å². The maximum absolute atomic E-state index is 8.61. The standard InChI is InChI=1S/C10H15NO3/c11-5-7-13-9-3-1-2-4-10(9)14-8-6-12/h1-4,12H,5-8,11H2. The van der Waals surface area contributed by atoms with Gasteiger partial charge in [0.2, 0.25) is 0 Å². The summed E-state index contributed by atoms with van der Waals surface area (Å²) >= 11 is 0. The number of hydrogen-bond acceptors (Lipinski definition) is 4. The highest BCUT2D eigenvalue weighted by molar-refractivity contribution is 5.39. The van der Waals surface area contributed by atoms with Crippen LogP contribution in [0.3, 0.4) is 0 Å². The molecule has 0 aromatic heterocycles. The molecule has 1 aromatic carbocycles. The minimum absolute atomic E-state index is 0.00871. The third-order valence-corrected chi connectivity index (χ3v) is 1.57. The zero-order valence-electron chi connectivity index (χ0n) is 7.98. The third kappa shape index (κ3) is 3.24. The highest BCUT2D eigenvalue weighted by Crippen LogP contribution is 2.25. The Bertz CT molecular complexity index is 238. The monoisotopic (exact) mass is 197 g/mol. The van der Waals surface area contributed by atoms with Gasteiger partial charge in [-0.25, -0.2) is 0 Å². The van der Waals surface area contributed by atoms with Crippen molar-refractivity contribution in [2.75, 3.05) is 26.4 Å². The minimum atomic E-state index is -0.00871. The summed E-state index contributed by atoms with van der Waals surface area (Å²) in [6.07, 6.45) is 0. The maximum atomic E-state index is 8.61. The highest BCUT2D eigenvalue weighted by Gasteiger charge is 2.02. The molecule has 14 heavy (non-hydrogen) atoms. The Hall–Kier alpha value is -1.26. The summed E-state index contributed by atoms with van der Waals surface area (Å²) in [6.45, 7) is 1.18. The van der Waals surface area contributed by atoms with Crippen LogP contribution < -0.4 is 15.2 Å². The molecular weight excluding hydrogens is 182 g/mol. The van der Waals surface area contributed by atoms with E-state index in [9.17, 15) is 0 Å². The topological polar surface area (TPSA) is 64.7 Å². The van der Waals surface area contributed by atoms with Gasteiger partial charge in [0.25, 0.3) is 0 Å². The van der Waals surface area contributed by atoms with Crippen molar-refractivity contribution in [2.24, 2.45) is 5.73 Å². The lowest BCUT2D eigenvalue weighted by Gasteiger charge is -2.10. The predicted molar refractivity (Wildman–Crippen MR) is 53.6 cm³/mol. The smallest absolute Gasteiger partial charge is 0.161 e. The third-order valence-electron chi connectivity index (χ3n) is 1.57. The average Bonchev–Trinajstić information content (AvgIpc) is 2.24. The summed E-state index contributed by atoms with van der Waals surface area (Å²) in [5, 5.41) is 8.61. The van der Waals surface area contributed by atoms with Gasteiger partial charge in [-0.1, -0.05) is 12.1 Å². The fraction of sp³-hybridized carbons (Fsp3) is 0.400. The van der Waals surface area contributed by atoms with Gasteiger partial charge in [-0.2, -0.15) is 0 Å². The van der Waals surface area contributed by atoms with Crippen LogP contribution in [0.2, 0.25) is 0 Å². The Morgan fingerprint density at radius 3 is 2.14 bits per heavy atom. The molecule has 0 bridgehead atoms. The van der Waals surface area contributed by atoms with Crippen LogP contribution in [-0.2, 0) is 0 Å². The Morgan fingerprint density at radius 2 is 1.64 bits per heavy atom. The lowest BCUT2D eigenvalue weighted by molar-refractivity contribution is 0.194. The van der Waals surface area contributed by atoms with E-state index in [2.05, 4.69) is 0 Å². The second-order valence-electron chi connectivity index (χ2n) is 2.66. The van der Waals surface area contributed by atoms with E-state index < -0.39 is 0 Å². The molecule has 0 heterocycles. The van der Waals surface area contributed by atoms with Gasteiger partial charge < -0.3 is 20.3 Å². The molecular formula is C10H15NO3. The molecule has 0 radical (unpaired) electrons. The number of benzene rings is 1. The van der Waals surface area contributed by atoms with Gasteiger partial charge in [0.1, 0.15) is 13.2 Å². The minimum Gasteiger partial charge on any atom is -0.488 e. The molecule has 0 saturated heterocycles. The molecule has 0 fully saturated rings. The van der Waals surface area contributed by atoms with Crippen molar-refractivity contribution in [2.45, 2.75) is 0 Å². The molecule has 4 nitrogen and oxygen atoms in total. The summed E-state index contributed by atoms with van der Waals surface area (Å²) in [7, 11) is 0. The van der Waals surface area contributed by atoms with Crippen molar-refractivity contribution in [3.8, 4) is 11.5 Å². The van der Waals surface area contributed by atoms with Crippen LogP contribution >= 0.6 is 0 Å². The molecule has 0 aliphatic rings. The number of aliphatic hydroxyl groups is 1. The second-order valence-corrected chi connectivity index (χ2v) is 2.66. The van der Waals surface area contributed by atoms with E-state index in [-0.39, 0.29) is 13.2 Å². The molecule has 0 spiro atoms. The first kappa shape index (κ1) is 10.8. The van der Waals surface area contributed by atoms with Crippen LogP contribution in [0.5, 0.6) is 11.5 Å². The second kappa shape index (κ2) is 6.23. The van der Waals surface area contributed by atoms with Crippen molar-refractivity contribution < 1.29 is 14.6 Å². The molecule has 0 aliphatic heterocycles. The molecule has 1 rings (SSSR count). The Morgan fingerprint density at radius 1 is 1.07 bits per heavy atom. The largest absolute Gasteiger partial charge is 0.488 e. The Labute approximate surface area is 83.3 Å². The molecule has 0 saturated carbocycles. The molecule has 0 aliphatic carbocycles. The normalized spacial score (nSPS) is 9.86. The quantitative estimate of drug-likeness (QED) is 0.692. The summed E-state index contributed by atoms with van der Waals surface area (Å²) in [5.74, 6) is 1.29. The van der Waals surface area contributed by atoms with Crippen LogP contribution in [0.25, 0.3) is 0 Å². The van der Waals surface area contributed by atoms with Crippen molar-refractivity contribution in [1.82, 2.24) is 0 Å². The highest BCUT2D eigenvalue weighted by atomic mass is 16.5. The van der Waals surface area contributed by atoms with E-state index in [1.165, 1.54) is 0 Å². The van der Waals surface area contributed by atoms with Gasteiger partial charge in [-0.15, -0.1) is 0 Å². The van der Waals surface area contributed by atoms with Crippen molar-refractivity contribution >= 4 is 0 Å². The van der Waals surface area contributed by atoms with E-state index in [4.69, 9.17) is 20.3 Å². The lowest BCUT2D eigenvalue weighted by Crippen LogP contribution is -2.11. The molecule has 0 unspecified atom stereocenters. The fourth-order valence-corrected chi connectivity index (χ4v) is 1.01. The first-order chi connectivity index (χ1) is 6.88. The number of ether oxygens (including phenoxy) is 2.